The summed E-state index contributed by atoms with van der Waals surface area (Å²) >= 11 is 0. The summed E-state index contributed by atoms with van der Waals surface area (Å²) < 4.78 is 18.1. The van der Waals surface area contributed by atoms with E-state index in [2.05, 4.69) is 16.8 Å². The number of ether oxygens (including phenoxy) is 3. The first-order valence-corrected chi connectivity index (χ1v) is 13.1. The van der Waals surface area contributed by atoms with Gasteiger partial charge >= 0.3 is 0 Å². The van der Waals surface area contributed by atoms with Crippen LogP contribution in [-0.2, 0) is 11.3 Å². The molecule has 3 heterocycles. The zero-order valence-corrected chi connectivity index (χ0v) is 21.2. The molecule has 3 aliphatic heterocycles. The lowest BCUT2D eigenvalue weighted by molar-refractivity contribution is -0.126. The third kappa shape index (κ3) is 4.55. The molecule has 3 fully saturated rings. The highest BCUT2D eigenvalue weighted by Crippen LogP contribution is 2.36. The maximum atomic E-state index is 13.0. The molecule has 2 amide bonds. The van der Waals surface area contributed by atoms with Crippen LogP contribution in [0.5, 0.6) is 17.2 Å². The van der Waals surface area contributed by atoms with Crippen LogP contribution in [0, 0.1) is 0 Å². The highest BCUT2D eigenvalue weighted by Gasteiger charge is 2.42. The molecule has 1 unspecified atom stereocenters. The van der Waals surface area contributed by atoms with Crippen LogP contribution in [0.25, 0.3) is 0 Å². The average Bonchev–Trinajstić information content (AvgIpc) is 3.45. The van der Waals surface area contributed by atoms with Crippen LogP contribution in [0.15, 0.2) is 54.7 Å². The lowest BCUT2D eigenvalue weighted by Gasteiger charge is -2.44. The van der Waals surface area contributed by atoms with E-state index in [-0.39, 0.29) is 24.0 Å². The lowest BCUT2D eigenvalue weighted by Crippen LogP contribution is -2.60. The first-order valence-electron chi connectivity index (χ1n) is 13.1. The summed E-state index contributed by atoms with van der Waals surface area (Å²) in [6.45, 7) is 6.00. The standard InChI is InChI=1S/C29H33N3O5/c1-18-10-13-24(28(33)30-18)32-15-19-14-20(11-12-22(19)29(32)34)36-25-9-5-6-23(25)31-16-21(17-31)37-27-8-4-3-7-26(27)35-2/h3-4,7-8,11-12,14,21,23-25H,1,5-6,9-10,13,15-17H2,2H3,(H,30,33)/t23-,24?,25-/m1/s1. The van der Waals surface area contributed by atoms with E-state index in [1.165, 1.54) is 0 Å². The first kappa shape index (κ1) is 23.9. The molecule has 3 atom stereocenters. The van der Waals surface area contributed by atoms with Crippen LogP contribution in [0.4, 0.5) is 0 Å². The number of methoxy groups -OCH3 is 1. The van der Waals surface area contributed by atoms with Gasteiger partial charge in [-0.1, -0.05) is 18.7 Å². The molecule has 37 heavy (non-hydrogen) atoms. The van der Waals surface area contributed by atoms with Crippen molar-refractivity contribution in [1.82, 2.24) is 15.1 Å². The summed E-state index contributed by atoms with van der Waals surface area (Å²) in [6.07, 6.45) is 4.78. The van der Waals surface area contributed by atoms with Crippen molar-refractivity contribution in [3.05, 3.63) is 65.9 Å². The average molecular weight is 504 g/mol. The number of nitrogens with one attached hydrogen (secondary N) is 1. The number of fused-ring (bicyclic) bond motifs is 1. The quantitative estimate of drug-likeness (QED) is 0.623. The molecule has 0 bridgehead atoms. The summed E-state index contributed by atoms with van der Waals surface area (Å²) in [7, 11) is 1.66. The van der Waals surface area contributed by atoms with E-state index < -0.39 is 6.04 Å². The molecule has 2 aromatic carbocycles. The molecular formula is C29H33N3O5. The van der Waals surface area contributed by atoms with Crippen LogP contribution in [0.1, 0.15) is 48.0 Å². The molecule has 0 radical (unpaired) electrons. The van der Waals surface area contributed by atoms with Crippen molar-refractivity contribution in [2.75, 3.05) is 20.2 Å². The van der Waals surface area contributed by atoms with E-state index in [1.54, 1.807) is 12.0 Å². The third-order valence-electron chi connectivity index (χ3n) is 8.02. The van der Waals surface area contributed by atoms with Crippen LogP contribution in [0.2, 0.25) is 0 Å². The van der Waals surface area contributed by atoms with Gasteiger partial charge in [-0.15, -0.1) is 0 Å². The number of allylic oxidation sites excluding steroid dienone is 1. The van der Waals surface area contributed by atoms with Gasteiger partial charge in [0, 0.05) is 36.9 Å². The maximum absolute atomic E-state index is 13.0. The molecule has 194 valence electrons. The number of piperidine rings is 1. The first-order chi connectivity index (χ1) is 18.0. The normalized spacial score (nSPS) is 26.0. The van der Waals surface area contributed by atoms with Crippen molar-refractivity contribution in [1.29, 1.82) is 0 Å². The summed E-state index contributed by atoms with van der Waals surface area (Å²) in [4.78, 5) is 29.6. The predicted molar refractivity (Wildman–Crippen MR) is 138 cm³/mol. The van der Waals surface area contributed by atoms with Gasteiger partial charge in [-0.2, -0.15) is 0 Å². The summed E-state index contributed by atoms with van der Waals surface area (Å²) in [6, 6.07) is 13.4. The van der Waals surface area contributed by atoms with Crippen LogP contribution < -0.4 is 19.5 Å². The molecule has 0 spiro atoms. The van der Waals surface area contributed by atoms with Crippen molar-refractivity contribution in [2.24, 2.45) is 0 Å². The number of benzene rings is 2. The highest BCUT2D eigenvalue weighted by atomic mass is 16.5. The smallest absolute Gasteiger partial charge is 0.255 e. The highest BCUT2D eigenvalue weighted by molar-refractivity contribution is 6.01. The van der Waals surface area contributed by atoms with E-state index >= 15 is 0 Å². The van der Waals surface area contributed by atoms with Gasteiger partial charge in [0.25, 0.3) is 5.91 Å². The van der Waals surface area contributed by atoms with Gasteiger partial charge < -0.3 is 24.4 Å². The summed E-state index contributed by atoms with van der Waals surface area (Å²) in [5.41, 5.74) is 2.29. The number of para-hydroxylation sites is 2. The second-order valence-corrected chi connectivity index (χ2v) is 10.4. The van der Waals surface area contributed by atoms with Gasteiger partial charge in [0.2, 0.25) is 5.91 Å². The van der Waals surface area contributed by atoms with Crippen molar-refractivity contribution >= 4 is 11.8 Å². The van der Waals surface area contributed by atoms with Crippen LogP contribution >= 0.6 is 0 Å². The largest absolute Gasteiger partial charge is 0.493 e. The molecule has 8 heteroatoms. The van der Waals surface area contributed by atoms with Gasteiger partial charge in [-0.05, 0) is 68.0 Å². The van der Waals surface area contributed by atoms with Gasteiger partial charge in [0.15, 0.2) is 11.5 Å². The Hall–Kier alpha value is -3.52. The van der Waals surface area contributed by atoms with E-state index in [0.717, 1.165) is 55.2 Å². The Balaban J connectivity index is 1.07. The molecule has 6 rings (SSSR count). The summed E-state index contributed by atoms with van der Waals surface area (Å²) in [5.74, 6) is 2.09. The van der Waals surface area contributed by atoms with E-state index in [0.29, 0.717) is 36.7 Å². The molecule has 1 saturated carbocycles. The van der Waals surface area contributed by atoms with E-state index in [9.17, 15) is 9.59 Å². The lowest BCUT2D eigenvalue weighted by atomic mass is 10.0. The zero-order valence-electron chi connectivity index (χ0n) is 21.2. The van der Waals surface area contributed by atoms with Crippen molar-refractivity contribution in [3.8, 4) is 17.2 Å². The van der Waals surface area contributed by atoms with Gasteiger partial charge in [-0.3, -0.25) is 14.5 Å². The second-order valence-electron chi connectivity index (χ2n) is 10.4. The van der Waals surface area contributed by atoms with Crippen LogP contribution in [0.3, 0.4) is 0 Å². The number of carbonyl (C=O) groups is 2. The minimum absolute atomic E-state index is 0.0883. The molecule has 1 aliphatic carbocycles. The minimum Gasteiger partial charge on any atom is -0.493 e. The predicted octanol–water partition coefficient (Wildman–Crippen LogP) is 3.51. The number of hydrogen-bond donors (Lipinski definition) is 1. The number of likely N-dealkylation sites (tertiary alicyclic amines) is 1. The van der Waals surface area contributed by atoms with Crippen molar-refractivity contribution in [2.45, 2.75) is 62.9 Å². The van der Waals surface area contributed by atoms with Crippen LogP contribution in [-0.4, -0.2) is 66.1 Å². The molecule has 2 aromatic rings. The molecular weight excluding hydrogens is 470 g/mol. The number of hydrogen-bond acceptors (Lipinski definition) is 6. The topological polar surface area (TPSA) is 80.3 Å². The van der Waals surface area contributed by atoms with Gasteiger partial charge in [-0.25, -0.2) is 0 Å². The van der Waals surface area contributed by atoms with Crippen molar-refractivity contribution < 1.29 is 23.8 Å². The molecule has 2 saturated heterocycles. The SMILES string of the molecule is C=C1CCC(N2Cc3cc(O[C@@H]4CCC[C@H]4N4CC(Oc5ccccc5OC)C4)ccc3C2=O)C(=O)N1. The molecule has 1 N–H and O–H groups in total. The fourth-order valence-electron chi connectivity index (χ4n) is 6.05. The van der Waals surface area contributed by atoms with Gasteiger partial charge in [0.05, 0.1) is 7.11 Å². The molecule has 8 nitrogen and oxygen atoms in total. The number of amides is 2. The van der Waals surface area contributed by atoms with E-state index in [4.69, 9.17) is 14.2 Å². The Bertz CT molecular complexity index is 1220. The molecule has 0 aromatic heterocycles. The Kier molecular flexibility index (Phi) is 6.28. The minimum atomic E-state index is -0.452. The Morgan fingerprint density at radius 1 is 1.00 bits per heavy atom. The van der Waals surface area contributed by atoms with E-state index in [1.807, 2.05) is 42.5 Å². The van der Waals surface area contributed by atoms with Crippen molar-refractivity contribution in [3.63, 3.8) is 0 Å². The monoisotopic (exact) mass is 503 g/mol. The number of nitrogens with zero attached hydrogens (tertiary/aromatic N) is 2. The Labute approximate surface area is 217 Å². The fourth-order valence-corrected chi connectivity index (χ4v) is 6.05. The van der Waals surface area contributed by atoms with Gasteiger partial charge in [0.1, 0.15) is 24.0 Å². The maximum Gasteiger partial charge on any atom is 0.255 e. The fraction of sp³-hybridized carbons (Fsp3) is 0.448. The zero-order chi connectivity index (χ0) is 25.5. The third-order valence-corrected chi connectivity index (χ3v) is 8.02. The number of carbonyl (C=O) groups excluding carboxylic acids is 2. The Morgan fingerprint density at radius 2 is 1.81 bits per heavy atom. The summed E-state index contributed by atoms with van der Waals surface area (Å²) in [5, 5.41) is 2.79. The molecule has 4 aliphatic rings. The second kappa shape index (κ2) is 9.74. The number of rotatable bonds is 7. The Morgan fingerprint density at radius 3 is 2.59 bits per heavy atom.